The second kappa shape index (κ2) is 8.13. The van der Waals surface area contributed by atoms with Crippen LogP contribution in [0, 0.1) is 5.92 Å². The zero-order valence-electron chi connectivity index (χ0n) is 13.4. The van der Waals surface area contributed by atoms with Gasteiger partial charge in [-0.15, -0.1) is 12.4 Å². The van der Waals surface area contributed by atoms with E-state index >= 15 is 0 Å². The normalized spacial score (nSPS) is 19.8. The van der Waals surface area contributed by atoms with E-state index in [-0.39, 0.29) is 42.3 Å². The number of carbonyl (C=O) groups excluding carboxylic acids is 1. The van der Waals surface area contributed by atoms with E-state index in [1.165, 1.54) is 16.2 Å². The molecule has 2 N–H and O–H groups in total. The molecule has 0 bridgehead atoms. The molecule has 1 aromatic carbocycles. The molecule has 6 heteroatoms. The van der Waals surface area contributed by atoms with Gasteiger partial charge in [0, 0.05) is 31.3 Å². The SMILES string of the molecule is Cl.NC[C@@H]1CN(C(=O)Cn2ccccc2=O)C[C@H]1c1ccccc1. The van der Waals surface area contributed by atoms with E-state index in [1.54, 1.807) is 18.3 Å². The van der Waals surface area contributed by atoms with Gasteiger partial charge in [0.2, 0.25) is 5.91 Å². The summed E-state index contributed by atoms with van der Waals surface area (Å²) in [6.45, 7) is 1.94. The largest absolute Gasteiger partial charge is 0.340 e. The smallest absolute Gasteiger partial charge is 0.250 e. The summed E-state index contributed by atoms with van der Waals surface area (Å²) >= 11 is 0. The fraction of sp³-hybridized carbons (Fsp3) is 0.333. The highest BCUT2D eigenvalue weighted by molar-refractivity contribution is 5.85. The third-order valence-corrected chi connectivity index (χ3v) is 4.53. The summed E-state index contributed by atoms with van der Waals surface area (Å²) in [5, 5.41) is 0. The molecule has 2 heterocycles. The molecule has 1 saturated heterocycles. The second-order valence-electron chi connectivity index (χ2n) is 5.98. The Labute approximate surface area is 147 Å². The topological polar surface area (TPSA) is 68.3 Å². The maximum atomic E-state index is 12.5. The molecule has 0 unspecified atom stereocenters. The number of likely N-dealkylation sites (tertiary alicyclic amines) is 1. The van der Waals surface area contributed by atoms with Crippen molar-refractivity contribution in [2.45, 2.75) is 12.5 Å². The van der Waals surface area contributed by atoms with Gasteiger partial charge in [0.15, 0.2) is 0 Å². The van der Waals surface area contributed by atoms with E-state index in [0.29, 0.717) is 19.6 Å². The number of hydrogen-bond acceptors (Lipinski definition) is 3. The van der Waals surface area contributed by atoms with Gasteiger partial charge in [-0.1, -0.05) is 36.4 Å². The molecule has 2 atom stereocenters. The average Bonchev–Trinajstić information content (AvgIpc) is 3.02. The lowest BCUT2D eigenvalue weighted by molar-refractivity contribution is -0.131. The quantitative estimate of drug-likeness (QED) is 0.910. The van der Waals surface area contributed by atoms with Gasteiger partial charge in [-0.3, -0.25) is 9.59 Å². The molecule has 24 heavy (non-hydrogen) atoms. The number of aromatic nitrogens is 1. The number of nitrogens with zero attached hydrogens (tertiary/aromatic N) is 2. The summed E-state index contributed by atoms with van der Waals surface area (Å²) in [5.74, 6) is 0.488. The van der Waals surface area contributed by atoms with Crippen LogP contribution in [0.15, 0.2) is 59.5 Å². The van der Waals surface area contributed by atoms with Crippen molar-refractivity contribution in [3.05, 3.63) is 70.6 Å². The monoisotopic (exact) mass is 347 g/mol. The first-order valence-electron chi connectivity index (χ1n) is 7.87. The Kier molecular flexibility index (Phi) is 6.17. The van der Waals surface area contributed by atoms with Gasteiger partial charge >= 0.3 is 0 Å². The fourth-order valence-electron chi connectivity index (χ4n) is 3.23. The lowest BCUT2D eigenvalue weighted by Crippen LogP contribution is -2.35. The van der Waals surface area contributed by atoms with E-state index in [1.807, 2.05) is 23.1 Å². The second-order valence-corrected chi connectivity index (χ2v) is 5.98. The molecule has 0 spiro atoms. The molecule has 2 aromatic rings. The Hall–Kier alpha value is -2.11. The third-order valence-electron chi connectivity index (χ3n) is 4.53. The van der Waals surface area contributed by atoms with Crippen molar-refractivity contribution in [3.8, 4) is 0 Å². The molecule has 1 aliphatic rings. The minimum absolute atomic E-state index is 0. The standard InChI is InChI=1S/C18H21N3O2.ClH/c19-10-15-11-21(12-16(15)14-6-2-1-3-7-14)18(23)13-20-9-5-4-8-17(20)22;/h1-9,15-16H,10-13,19H2;1H/t15-,16+;/m1./s1. The molecule has 3 rings (SSSR count). The predicted octanol–water partition coefficient (Wildman–Crippen LogP) is 1.47. The van der Waals surface area contributed by atoms with E-state index in [2.05, 4.69) is 12.1 Å². The average molecular weight is 348 g/mol. The molecular formula is C18H22ClN3O2. The molecular weight excluding hydrogens is 326 g/mol. The van der Waals surface area contributed by atoms with Crippen LogP contribution in [0.25, 0.3) is 0 Å². The van der Waals surface area contributed by atoms with Gasteiger partial charge in [0.1, 0.15) is 6.54 Å². The number of nitrogens with two attached hydrogens (primary N) is 1. The molecule has 0 radical (unpaired) electrons. The summed E-state index contributed by atoms with van der Waals surface area (Å²) < 4.78 is 1.44. The Morgan fingerprint density at radius 2 is 1.79 bits per heavy atom. The van der Waals surface area contributed by atoms with Gasteiger partial charge in [-0.05, 0) is 24.1 Å². The maximum Gasteiger partial charge on any atom is 0.250 e. The Bertz CT molecular complexity index is 732. The number of carbonyl (C=O) groups is 1. The number of halogens is 1. The van der Waals surface area contributed by atoms with E-state index < -0.39 is 0 Å². The van der Waals surface area contributed by atoms with Gasteiger partial charge in [0.25, 0.3) is 5.56 Å². The molecule has 1 fully saturated rings. The van der Waals surface area contributed by atoms with Crippen molar-refractivity contribution in [2.75, 3.05) is 19.6 Å². The minimum Gasteiger partial charge on any atom is -0.340 e. The summed E-state index contributed by atoms with van der Waals surface area (Å²) in [5.41, 5.74) is 6.97. The van der Waals surface area contributed by atoms with Crippen molar-refractivity contribution in [2.24, 2.45) is 11.7 Å². The first-order valence-corrected chi connectivity index (χ1v) is 7.87. The van der Waals surface area contributed by atoms with Crippen molar-refractivity contribution < 1.29 is 4.79 Å². The van der Waals surface area contributed by atoms with Crippen molar-refractivity contribution in [1.29, 1.82) is 0 Å². The van der Waals surface area contributed by atoms with Gasteiger partial charge < -0.3 is 15.2 Å². The van der Waals surface area contributed by atoms with E-state index in [9.17, 15) is 9.59 Å². The Morgan fingerprint density at radius 3 is 2.46 bits per heavy atom. The Balaban J connectivity index is 0.00000208. The fourth-order valence-corrected chi connectivity index (χ4v) is 3.23. The van der Waals surface area contributed by atoms with Crippen LogP contribution in [0.5, 0.6) is 0 Å². The minimum atomic E-state index is -0.157. The first-order chi connectivity index (χ1) is 11.2. The van der Waals surface area contributed by atoms with E-state index in [4.69, 9.17) is 5.73 Å². The lowest BCUT2D eigenvalue weighted by Gasteiger charge is -2.17. The van der Waals surface area contributed by atoms with Crippen molar-refractivity contribution in [3.63, 3.8) is 0 Å². The number of hydrogen-bond donors (Lipinski definition) is 1. The summed E-state index contributed by atoms with van der Waals surface area (Å²) in [7, 11) is 0. The van der Waals surface area contributed by atoms with Gasteiger partial charge in [-0.25, -0.2) is 0 Å². The first kappa shape index (κ1) is 18.2. The third kappa shape index (κ3) is 3.86. The van der Waals surface area contributed by atoms with Crippen LogP contribution in [0.3, 0.4) is 0 Å². The summed E-state index contributed by atoms with van der Waals surface area (Å²) in [6.07, 6.45) is 1.64. The van der Waals surface area contributed by atoms with Crippen LogP contribution in [0.4, 0.5) is 0 Å². The van der Waals surface area contributed by atoms with E-state index in [0.717, 1.165) is 0 Å². The zero-order chi connectivity index (χ0) is 16.2. The highest BCUT2D eigenvalue weighted by Gasteiger charge is 2.35. The summed E-state index contributed by atoms with van der Waals surface area (Å²) in [4.78, 5) is 26.1. The van der Waals surface area contributed by atoms with Crippen LogP contribution < -0.4 is 11.3 Å². The van der Waals surface area contributed by atoms with Crippen LogP contribution in [0.1, 0.15) is 11.5 Å². The highest BCUT2D eigenvalue weighted by atomic mass is 35.5. The van der Waals surface area contributed by atoms with Gasteiger partial charge in [0.05, 0.1) is 0 Å². The van der Waals surface area contributed by atoms with Crippen LogP contribution in [-0.2, 0) is 11.3 Å². The van der Waals surface area contributed by atoms with Crippen LogP contribution >= 0.6 is 12.4 Å². The molecule has 0 saturated carbocycles. The number of rotatable bonds is 4. The molecule has 128 valence electrons. The van der Waals surface area contributed by atoms with Gasteiger partial charge in [-0.2, -0.15) is 0 Å². The molecule has 1 aliphatic heterocycles. The number of pyridine rings is 1. The zero-order valence-corrected chi connectivity index (χ0v) is 14.2. The molecule has 1 amide bonds. The van der Waals surface area contributed by atoms with Crippen LogP contribution in [0.2, 0.25) is 0 Å². The molecule has 5 nitrogen and oxygen atoms in total. The Morgan fingerprint density at radius 1 is 1.08 bits per heavy atom. The molecule has 1 aromatic heterocycles. The van der Waals surface area contributed by atoms with Crippen molar-refractivity contribution in [1.82, 2.24) is 9.47 Å². The number of benzene rings is 1. The lowest BCUT2D eigenvalue weighted by atomic mass is 9.89. The predicted molar refractivity (Wildman–Crippen MR) is 96.3 cm³/mol. The molecule has 0 aliphatic carbocycles. The van der Waals surface area contributed by atoms with Crippen LogP contribution in [-0.4, -0.2) is 35.0 Å². The maximum absolute atomic E-state index is 12.5. The van der Waals surface area contributed by atoms with Crippen molar-refractivity contribution >= 4 is 18.3 Å². The number of amides is 1. The highest BCUT2D eigenvalue weighted by Crippen LogP contribution is 2.32. The summed E-state index contributed by atoms with van der Waals surface area (Å²) in [6, 6.07) is 15.1.